The first-order valence-electron chi connectivity index (χ1n) is 2.97. The van der Waals surface area contributed by atoms with E-state index in [0.717, 1.165) is 0 Å². The van der Waals surface area contributed by atoms with Gasteiger partial charge in [0.2, 0.25) is 0 Å². The summed E-state index contributed by atoms with van der Waals surface area (Å²) in [5.74, 6) is -0.405. The van der Waals surface area contributed by atoms with Gasteiger partial charge in [0.05, 0.1) is 7.11 Å². The predicted octanol–water partition coefficient (Wildman–Crippen LogP) is -0.0503. The zero-order valence-corrected chi connectivity index (χ0v) is 6.38. The van der Waals surface area contributed by atoms with E-state index in [2.05, 4.69) is 10.2 Å². The zero-order chi connectivity index (χ0) is 8.69. The number of nitrogens with one attached hydrogen (secondary N) is 2. The molecule has 0 bridgehead atoms. The molecule has 5 heteroatoms. The van der Waals surface area contributed by atoms with Crippen LogP contribution < -0.4 is 10.9 Å². The molecule has 0 aliphatic carbocycles. The minimum atomic E-state index is -0.706. The monoisotopic (exact) mass is 158 g/mol. The quantitative estimate of drug-likeness (QED) is 0.415. The maximum absolute atomic E-state index is 10.6. The lowest BCUT2D eigenvalue weighted by Gasteiger charge is -2.01. The molecular weight excluding hydrogens is 148 g/mol. The van der Waals surface area contributed by atoms with Crippen LogP contribution in [0.3, 0.4) is 0 Å². The molecular formula is C6H10N2O3. The van der Waals surface area contributed by atoms with Crippen LogP contribution in [0.5, 0.6) is 0 Å². The lowest BCUT2D eigenvalue weighted by atomic mass is 10.5. The van der Waals surface area contributed by atoms with Gasteiger partial charge in [0.25, 0.3) is 5.91 Å². The average molecular weight is 158 g/mol. The van der Waals surface area contributed by atoms with E-state index in [-0.39, 0.29) is 0 Å². The van der Waals surface area contributed by atoms with Crippen LogP contribution in [-0.2, 0) is 9.53 Å². The highest BCUT2D eigenvalue weighted by Gasteiger charge is 1.97. The summed E-state index contributed by atoms with van der Waals surface area (Å²) in [4.78, 5) is 20.9. The van der Waals surface area contributed by atoms with E-state index in [1.807, 2.05) is 5.43 Å². The smallest absolute Gasteiger partial charge is 0.425 e. The molecule has 0 aromatic carbocycles. The highest BCUT2D eigenvalue weighted by Crippen LogP contribution is 1.70. The first-order valence-corrected chi connectivity index (χ1v) is 2.97. The summed E-state index contributed by atoms with van der Waals surface area (Å²) in [6, 6.07) is 0. The summed E-state index contributed by atoms with van der Waals surface area (Å²) in [7, 11) is 1.21. The summed E-state index contributed by atoms with van der Waals surface area (Å²) in [5, 5.41) is 0. The molecule has 0 aromatic heterocycles. The Morgan fingerprint density at radius 3 is 2.45 bits per heavy atom. The molecule has 0 aromatic rings. The predicted molar refractivity (Wildman–Crippen MR) is 38.5 cm³/mol. The lowest BCUT2D eigenvalue weighted by molar-refractivity contribution is -0.117. The normalized spacial score (nSPS) is 9.27. The molecule has 0 radical (unpaired) electrons. The summed E-state index contributed by atoms with van der Waals surface area (Å²) in [5.41, 5.74) is 4.09. The molecule has 0 saturated heterocycles. The summed E-state index contributed by atoms with van der Waals surface area (Å²) >= 11 is 0. The van der Waals surface area contributed by atoms with E-state index >= 15 is 0 Å². The van der Waals surface area contributed by atoms with Crippen LogP contribution in [0.15, 0.2) is 12.2 Å². The van der Waals surface area contributed by atoms with Gasteiger partial charge >= 0.3 is 6.09 Å². The van der Waals surface area contributed by atoms with Gasteiger partial charge in [-0.1, -0.05) is 6.08 Å². The second kappa shape index (κ2) is 5.28. The van der Waals surface area contributed by atoms with Crippen molar-refractivity contribution in [3.05, 3.63) is 12.2 Å². The van der Waals surface area contributed by atoms with Crippen molar-refractivity contribution in [3.63, 3.8) is 0 Å². The number of hydrogen-bond donors (Lipinski definition) is 2. The Morgan fingerprint density at radius 1 is 1.36 bits per heavy atom. The van der Waals surface area contributed by atoms with Gasteiger partial charge in [-0.3, -0.25) is 10.2 Å². The van der Waals surface area contributed by atoms with Crippen molar-refractivity contribution in [2.24, 2.45) is 0 Å². The molecule has 0 atom stereocenters. The van der Waals surface area contributed by atoms with Gasteiger partial charge in [-0.15, -0.1) is 0 Å². The number of hydrogen-bond acceptors (Lipinski definition) is 3. The second-order valence-corrected chi connectivity index (χ2v) is 1.61. The van der Waals surface area contributed by atoms with Crippen molar-refractivity contribution in [1.29, 1.82) is 0 Å². The van der Waals surface area contributed by atoms with Crippen molar-refractivity contribution >= 4 is 12.0 Å². The Morgan fingerprint density at radius 2 is 2.00 bits per heavy atom. The third-order valence-electron chi connectivity index (χ3n) is 0.791. The van der Waals surface area contributed by atoms with E-state index in [4.69, 9.17) is 0 Å². The lowest BCUT2D eigenvalue weighted by Crippen LogP contribution is -2.40. The molecule has 0 spiro atoms. The van der Waals surface area contributed by atoms with Gasteiger partial charge in [-0.25, -0.2) is 10.2 Å². The van der Waals surface area contributed by atoms with Gasteiger partial charge in [-0.2, -0.15) is 0 Å². The molecule has 11 heavy (non-hydrogen) atoms. The SMILES string of the molecule is C/C=C/C(=O)NNC(=O)OC. The van der Waals surface area contributed by atoms with E-state index in [9.17, 15) is 9.59 Å². The largest absolute Gasteiger partial charge is 0.452 e. The fourth-order valence-electron chi connectivity index (χ4n) is 0.357. The van der Waals surface area contributed by atoms with Crippen LogP contribution in [0.25, 0.3) is 0 Å². The van der Waals surface area contributed by atoms with Crippen molar-refractivity contribution in [2.45, 2.75) is 6.92 Å². The number of ether oxygens (including phenoxy) is 1. The third-order valence-corrected chi connectivity index (χ3v) is 0.791. The fourth-order valence-corrected chi connectivity index (χ4v) is 0.357. The Kier molecular flexibility index (Phi) is 4.55. The van der Waals surface area contributed by atoms with Crippen LogP contribution in [-0.4, -0.2) is 19.1 Å². The molecule has 0 rings (SSSR count). The van der Waals surface area contributed by atoms with E-state index in [1.165, 1.54) is 13.2 Å². The first kappa shape index (κ1) is 9.48. The van der Waals surface area contributed by atoms with Gasteiger partial charge in [-0.05, 0) is 6.92 Å². The number of hydrazine groups is 1. The third kappa shape index (κ3) is 4.95. The molecule has 5 nitrogen and oxygen atoms in total. The van der Waals surface area contributed by atoms with Crippen LogP contribution >= 0.6 is 0 Å². The van der Waals surface area contributed by atoms with Gasteiger partial charge in [0, 0.05) is 6.08 Å². The minimum absolute atomic E-state index is 0.405. The van der Waals surface area contributed by atoms with Gasteiger partial charge in [0.1, 0.15) is 0 Å². The standard InChI is InChI=1S/C6H10N2O3/c1-3-4-5(9)7-8-6(10)11-2/h3-4H,1-2H3,(H,7,9)(H,8,10)/b4-3+. The second-order valence-electron chi connectivity index (χ2n) is 1.61. The van der Waals surface area contributed by atoms with Crippen LogP contribution in [0, 0.1) is 0 Å². The van der Waals surface area contributed by atoms with E-state index in [1.54, 1.807) is 13.0 Å². The first-order chi connectivity index (χ1) is 5.20. The maximum atomic E-state index is 10.6. The molecule has 0 aliphatic heterocycles. The Hall–Kier alpha value is -1.52. The highest BCUT2D eigenvalue weighted by molar-refractivity contribution is 5.88. The molecule has 2 amide bonds. The highest BCUT2D eigenvalue weighted by atomic mass is 16.5. The summed E-state index contributed by atoms with van der Waals surface area (Å²) in [6.07, 6.45) is 2.12. The number of amides is 2. The van der Waals surface area contributed by atoms with Crippen LogP contribution in [0.2, 0.25) is 0 Å². The van der Waals surface area contributed by atoms with Crippen molar-refractivity contribution in [3.8, 4) is 0 Å². The van der Waals surface area contributed by atoms with Crippen molar-refractivity contribution in [2.75, 3.05) is 7.11 Å². The Balaban J connectivity index is 3.54. The topological polar surface area (TPSA) is 67.4 Å². The average Bonchev–Trinajstić information content (AvgIpc) is 2.01. The number of allylic oxidation sites excluding steroid dienone is 1. The number of methoxy groups -OCH3 is 1. The number of carbonyl (C=O) groups excluding carboxylic acids is 2. The van der Waals surface area contributed by atoms with E-state index < -0.39 is 12.0 Å². The molecule has 0 unspecified atom stereocenters. The summed E-state index contributed by atoms with van der Waals surface area (Å²) in [6.45, 7) is 1.69. The van der Waals surface area contributed by atoms with E-state index in [0.29, 0.717) is 0 Å². The molecule has 0 saturated carbocycles. The number of rotatable bonds is 1. The maximum Gasteiger partial charge on any atom is 0.425 e. The molecule has 0 aliphatic rings. The van der Waals surface area contributed by atoms with Crippen molar-refractivity contribution in [1.82, 2.24) is 10.9 Å². The van der Waals surface area contributed by atoms with Gasteiger partial charge < -0.3 is 4.74 Å². The summed E-state index contributed by atoms with van der Waals surface area (Å²) < 4.78 is 4.19. The van der Waals surface area contributed by atoms with Crippen LogP contribution in [0.4, 0.5) is 4.79 Å². The van der Waals surface area contributed by atoms with Gasteiger partial charge in [0.15, 0.2) is 0 Å². The van der Waals surface area contributed by atoms with Crippen LogP contribution in [0.1, 0.15) is 6.92 Å². The Bertz CT molecular complexity index is 177. The molecule has 2 N–H and O–H groups in total. The fraction of sp³-hybridized carbons (Fsp3) is 0.333. The zero-order valence-electron chi connectivity index (χ0n) is 6.38. The molecule has 62 valence electrons. The molecule has 0 fully saturated rings. The minimum Gasteiger partial charge on any atom is -0.452 e. The number of carbonyl (C=O) groups is 2. The Labute approximate surface area is 64.4 Å². The van der Waals surface area contributed by atoms with Crippen molar-refractivity contribution < 1.29 is 14.3 Å². The molecule has 0 heterocycles.